The molecular formula is C13H26. The Morgan fingerprint density at radius 2 is 1.62 bits per heavy atom. The Labute approximate surface area is 84.1 Å². The van der Waals surface area contributed by atoms with Crippen LogP contribution in [-0.2, 0) is 0 Å². The van der Waals surface area contributed by atoms with Gasteiger partial charge in [-0.05, 0) is 24.2 Å². The predicted molar refractivity (Wildman–Crippen MR) is 59.8 cm³/mol. The van der Waals surface area contributed by atoms with Crippen molar-refractivity contribution in [3.05, 3.63) is 0 Å². The first-order chi connectivity index (χ1) is 6.18. The normalized spacial score (nSPS) is 21.2. The minimum atomic E-state index is 0.894. The Hall–Kier alpha value is 0. The van der Waals surface area contributed by atoms with Gasteiger partial charge in [0.2, 0.25) is 0 Å². The van der Waals surface area contributed by atoms with Crippen molar-refractivity contribution in [1.29, 1.82) is 0 Å². The van der Waals surface area contributed by atoms with Crippen LogP contribution in [0.1, 0.15) is 65.7 Å². The lowest BCUT2D eigenvalue weighted by molar-refractivity contribution is 0.355. The number of hydrogen-bond acceptors (Lipinski definition) is 0. The van der Waals surface area contributed by atoms with E-state index in [1.54, 1.807) is 0 Å². The maximum absolute atomic E-state index is 2.45. The molecule has 1 saturated carbocycles. The van der Waals surface area contributed by atoms with Gasteiger partial charge in [-0.25, -0.2) is 0 Å². The van der Waals surface area contributed by atoms with E-state index < -0.39 is 0 Å². The maximum atomic E-state index is 2.45. The Bertz CT molecular complexity index is 120. The first-order valence-electron chi connectivity index (χ1n) is 6.18. The van der Waals surface area contributed by atoms with Gasteiger partial charge in [0.15, 0.2) is 0 Å². The second kappa shape index (κ2) is 5.67. The molecule has 13 heavy (non-hydrogen) atoms. The van der Waals surface area contributed by atoms with E-state index in [2.05, 4.69) is 20.8 Å². The van der Waals surface area contributed by atoms with E-state index in [1.807, 2.05) is 0 Å². The van der Waals surface area contributed by atoms with E-state index in [0.717, 1.165) is 17.8 Å². The van der Waals surface area contributed by atoms with Gasteiger partial charge in [0.1, 0.15) is 0 Å². The molecule has 0 saturated heterocycles. The third-order valence-electron chi connectivity index (χ3n) is 3.45. The van der Waals surface area contributed by atoms with Gasteiger partial charge < -0.3 is 0 Å². The van der Waals surface area contributed by atoms with Gasteiger partial charge >= 0.3 is 0 Å². The van der Waals surface area contributed by atoms with Crippen molar-refractivity contribution in [2.24, 2.45) is 17.8 Å². The molecule has 78 valence electrons. The average Bonchev–Trinajstić information content (AvgIpc) is 2.53. The van der Waals surface area contributed by atoms with E-state index in [4.69, 9.17) is 0 Å². The fourth-order valence-corrected chi connectivity index (χ4v) is 2.55. The number of hydrogen-bond donors (Lipinski definition) is 0. The predicted octanol–water partition coefficient (Wildman–Crippen LogP) is 4.64. The van der Waals surface area contributed by atoms with Gasteiger partial charge in [-0.2, -0.15) is 0 Å². The van der Waals surface area contributed by atoms with Crippen LogP contribution in [0.5, 0.6) is 0 Å². The van der Waals surface area contributed by atoms with Crippen molar-refractivity contribution in [2.45, 2.75) is 65.7 Å². The lowest BCUT2D eigenvalue weighted by Crippen LogP contribution is -2.04. The van der Waals surface area contributed by atoms with Crippen LogP contribution in [-0.4, -0.2) is 0 Å². The monoisotopic (exact) mass is 182 g/mol. The summed E-state index contributed by atoms with van der Waals surface area (Å²) >= 11 is 0. The highest BCUT2D eigenvalue weighted by Crippen LogP contribution is 2.31. The molecule has 0 heterocycles. The van der Waals surface area contributed by atoms with Crippen molar-refractivity contribution >= 4 is 0 Å². The summed E-state index contributed by atoms with van der Waals surface area (Å²) in [5.41, 5.74) is 0. The second-order valence-electron chi connectivity index (χ2n) is 5.46. The molecule has 0 aromatic carbocycles. The summed E-state index contributed by atoms with van der Waals surface area (Å²) in [6, 6.07) is 0. The first kappa shape index (κ1) is 11.1. The van der Waals surface area contributed by atoms with Crippen molar-refractivity contribution in [1.82, 2.24) is 0 Å². The summed E-state index contributed by atoms with van der Waals surface area (Å²) in [5, 5.41) is 0. The highest BCUT2D eigenvalue weighted by Gasteiger charge is 2.17. The molecule has 1 aliphatic carbocycles. The Morgan fingerprint density at radius 1 is 1.00 bits per heavy atom. The molecule has 0 N–H and O–H groups in total. The molecule has 0 bridgehead atoms. The Morgan fingerprint density at radius 3 is 2.15 bits per heavy atom. The van der Waals surface area contributed by atoms with Gasteiger partial charge in [0.25, 0.3) is 0 Å². The van der Waals surface area contributed by atoms with Crippen molar-refractivity contribution in [3.63, 3.8) is 0 Å². The molecule has 1 aliphatic rings. The van der Waals surface area contributed by atoms with Crippen LogP contribution >= 0.6 is 0 Å². The lowest BCUT2D eigenvalue weighted by Gasteiger charge is -2.16. The molecule has 1 fully saturated rings. The van der Waals surface area contributed by atoms with Crippen LogP contribution in [0.4, 0.5) is 0 Å². The zero-order valence-electron chi connectivity index (χ0n) is 9.68. The zero-order valence-corrected chi connectivity index (χ0v) is 9.68. The minimum absolute atomic E-state index is 0.894. The Balaban J connectivity index is 2.05. The molecule has 0 heteroatoms. The van der Waals surface area contributed by atoms with Gasteiger partial charge in [0, 0.05) is 0 Å². The molecule has 0 aromatic heterocycles. The fraction of sp³-hybridized carbons (Fsp3) is 1.00. The van der Waals surface area contributed by atoms with E-state index >= 15 is 0 Å². The summed E-state index contributed by atoms with van der Waals surface area (Å²) in [7, 11) is 0. The zero-order chi connectivity index (χ0) is 9.68. The lowest BCUT2D eigenvalue weighted by atomic mass is 9.89. The third kappa shape index (κ3) is 4.69. The van der Waals surface area contributed by atoms with Crippen LogP contribution in [0.25, 0.3) is 0 Å². The van der Waals surface area contributed by atoms with E-state index in [0.29, 0.717) is 0 Å². The smallest absolute Gasteiger partial charge is 0.0412 e. The van der Waals surface area contributed by atoms with Crippen molar-refractivity contribution in [3.8, 4) is 0 Å². The van der Waals surface area contributed by atoms with Gasteiger partial charge in [0.05, 0.1) is 0 Å². The van der Waals surface area contributed by atoms with Crippen LogP contribution < -0.4 is 0 Å². The molecule has 0 spiro atoms. The van der Waals surface area contributed by atoms with Gasteiger partial charge in [-0.1, -0.05) is 59.3 Å². The van der Waals surface area contributed by atoms with E-state index in [-0.39, 0.29) is 0 Å². The Kier molecular flexibility index (Phi) is 4.83. The minimum Gasteiger partial charge on any atom is -0.0628 e. The molecule has 1 unspecified atom stereocenters. The molecule has 0 aromatic rings. The summed E-state index contributed by atoms with van der Waals surface area (Å²) < 4.78 is 0. The van der Waals surface area contributed by atoms with E-state index in [1.165, 1.54) is 44.9 Å². The van der Waals surface area contributed by atoms with Crippen molar-refractivity contribution < 1.29 is 0 Å². The summed E-state index contributed by atoms with van der Waals surface area (Å²) in [6.07, 6.45) is 10.4. The van der Waals surface area contributed by atoms with Crippen LogP contribution in [0.15, 0.2) is 0 Å². The van der Waals surface area contributed by atoms with Crippen LogP contribution in [0.2, 0.25) is 0 Å². The van der Waals surface area contributed by atoms with Gasteiger partial charge in [-0.15, -0.1) is 0 Å². The largest absolute Gasteiger partial charge is 0.0628 e. The van der Waals surface area contributed by atoms with Crippen molar-refractivity contribution in [2.75, 3.05) is 0 Å². The standard InChI is InChI=1S/C13H26/c1-11(2)8-9-12(3)10-13-6-4-5-7-13/h11-13H,4-10H2,1-3H3. The molecular weight excluding hydrogens is 156 g/mol. The number of rotatable bonds is 5. The first-order valence-corrected chi connectivity index (χ1v) is 6.18. The topological polar surface area (TPSA) is 0 Å². The fourth-order valence-electron chi connectivity index (χ4n) is 2.55. The second-order valence-corrected chi connectivity index (χ2v) is 5.46. The SMILES string of the molecule is CC(C)CCC(C)CC1CCCC1. The van der Waals surface area contributed by atoms with Gasteiger partial charge in [-0.3, -0.25) is 0 Å². The molecule has 0 amide bonds. The maximum Gasteiger partial charge on any atom is -0.0412 e. The van der Waals surface area contributed by atoms with Crippen LogP contribution in [0, 0.1) is 17.8 Å². The highest BCUT2D eigenvalue weighted by atomic mass is 14.2. The molecule has 0 nitrogen and oxygen atoms in total. The van der Waals surface area contributed by atoms with E-state index in [9.17, 15) is 0 Å². The average molecular weight is 182 g/mol. The molecule has 0 radical (unpaired) electrons. The molecule has 1 rings (SSSR count). The van der Waals surface area contributed by atoms with Crippen LogP contribution in [0.3, 0.4) is 0 Å². The summed E-state index contributed by atoms with van der Waals surface area (Å²) in [4.78, 5) is 0. The third-order valence-corrected chi connectivity index (χ3v) is 3.45. The molecule has 0 aliphatic heterocycles. The summed E-state index contributed by atoms with van der Waals surface area (Å²) in [6.45, 7) is 7.12. The quantitative estimate of drug-likeness (QED) is 0.581. The highest BCUT2D eigenvalue weighted by molar-refractivity contribution is 4.70. The summed E-state index contributed by atoms with van der Waals surface area (Å²) in [5.74, 6) is 2.96. The molecule has 1 atom stereocenters.